The highest BCUT2D eigenvalue weighted by atomic mass is 16.5. The van der Waals surface area contributed by atoms with Gasteiger partial charge in [-0.15, -0.1) is 0 Å². The van der Waals surface area contributed by atoms with Crippen molar-refractivity contribution < 1.29 is 14.3 Å². The van der Waals surface area contributed by atoms with Gasteiger partial charge in [0.2, 0.25) is 5.91 Å². The minimum absolute atomic E-state index is 0.0534. The monoisotopic (exact) mass is 578 g/mol. The number of ether oxygens (including phenoxy) is 1. The first kappa shape index (κ1) is 29.6. The van der Waals surface area contributed by atoms with E-state index in [2.05, 4.69) is 46.3 Å². The molecular formula is C34H38N6O3. The molecule has 0 unspecified atom stereocenters. The molecule has 2 amide bonds. The molecule has 9 nitrogen and oxygen atoms in total. The minimum Gasteiger partial charge on any atom is -0.474 e. The van der Waals surface area contributed by atoms with Crippen LogP contribution < -0.4 is 16.0 Å². The lowest BCUT2D eigenvalue weighted by molar-refractivity contribution is -0.132. The summed E-state index contributed by atoms with van der Waals surface area (Å²) >= 11 is 0. The van der Waals surface area contributed by atoms with E-state index in [0.717, 1.165) is 27.6 Å². The van der Waals surface area contributed by atoms with E-state index in [0.29, 0.717) is 36.0 Å². The highest BCUT2D eigenvalue weighted by Crippen LogP contribution is 2.35. The van der Waals surface area contributed by atoms with Crippen LogP contribution in [-0.4, -0.2) is 45.4 Å². The number of pyridine rings is 2. The van der Waals surface area contributed by atoms with Crippen molar-refractivity contribution in [2.24, 2.45) is 0 Å². The van der Waals surface area contributed by atoms with Crippen LogP contribution in [0.25, 0.3) is 10.8 Å². The van der Waals surface area contributed by atoms with Gasteiger partial charge in [-0.25, -0.2) is 4.98 Å². The van der Waals surface area contributed by atoms with E-state index in [1.54, 1.807) is 30.7 Å². The van der Waals surface area contributed by atoms with Gasteiger partial charge in [0, 0.05) is 53.9 Å². The van der Waals surface area contributed by atoms with Gasteiger partial charge >= 0.3 is 0 Å². The second-order valence-electron chi connectivity index (χ2n) is 12.4. The Bertz CT molecular complexity index is 1690. The average molecular weight is 579 g/mol. The van der Waals surface area contributed by atoms with Crippen LogP contribution in [0.1, 0.15) is 56.1 Å². The van der Waals surface area contributed by atoms with Crippen LogP contribution in [0.5, 0.6) is 0 Å². The maximum atomic E-state index is 13.5. The molecule has 0 fully saturated rings. The topological polar surface area (TPSA) is 108 Å². The summed E-state index contributed by atoms with van der Waals surface area (Å²) in [6, 6.07) is 17.2. The molecule has 0 saturated carbocycles. The van der Waals surface area contributed by atoms with Crippen LogP contribution in [-0.2, 0) is 21.5 Å². The summed E-state index contributed by atoms with van der Waals surface area (Å²) in [5.74, 6) is 0.470. The van der Waals surface area contributed by atoms with E-state index < -0.39 is 5.60 Å². The third kappa shape index (κ3) is 7.12. The number of rotatable bonds is 8. The zero-order valence-corrected chi connectivity index (χ0v) is 25.3. The first-order valence-electron chi connectivity index (χ1n) is 14.3. The van der Waals surface area contributed by atoms with Crippen molar-refractivity contribution >= 4 is 39.8 Å². The fourth-order valence-electron chi connectivity index (χ4n) is 5.34. The van der Waals surface area contributed by atoms with E-state index in [1.165, 1.54) is 0 Å². The standard InChI is InChI=1S/C34H38N6O3/c1-22(43-33(2,3)4)37-19-30(41)40-20-25-17-27(11-12-29(25)34(5,6)21-40)39-32(42)28-8-7-14-36-31(28)38-26-10-9-23-13-15-35-18-24(23)16-26/h7-18,37H,1,19-21H2,2-6H3,(H,36,38)(H,39,42). The Morgan fingerprint density at radius 2 is 1.81 bits per heavy atom. The Hall–Kier alpha value is -4.92. The Morgan fingerprint density at radius 1 is 1.02 bits per heavy atom. The second kappa shape index (κ2) is 11.8. The van der Waals surface area contributed by atoms with Crippen LogP contribution in [0.4, 0.5) is 17.2 Å². The number of carbonyl (C=O) groups is 2. The third-order valence-electron chi connectivity index (χ3n) is 7.21. The molecule has 0 atom stereocenters. The summed E-state index contributed by atoms with van der Waals surface area (Å²) in [5, 5.41) is 11.4. The number of nitrogens with one attached hydrogen (secondary N) is 3. The van der Waals surface area contributed by atoms with Gasteiger partial charge in [-0.05, 0) is 86.3 Å². The molecule has 0 radical (unpaired) electrons. The number of fused-ring (bicyclic) bond motifs is 2. The molecule has 0 bridgehead atoms. The summed E-state index contributed by atoms with van der Waals surface area (Å²) in [6.07, 6.45) is 5.20. The third-order valence-corrected chi connectivity index (χ3v) is 7.21. The molecule has 1 aliphatic heterocycles. The van der Waals surface area contributed by atoms with Gasteiger partial charge in [0.1, 0.15) is 11.4 Å². The molecule has 43 heavy (non-hydrogen) atoms. The van der Waals surface area contributed by atoms with Crippen molar-refractivity contribution in [1.29, 1.82) is 0 Å². The predicted octanol–water partition coefficient (Wildman–Crippen LogP) is 6.12. The number of carbonyl (C=O) groups excluding carboxylic acids is 2. The lowest BCUT2D eigenvalue weighted by atomic mass is 9.78. The summed E-state index contributed by atoms with van der Waals surface area (Å²) in [5.41, 5.74) is 3.33. The van der Waals surface area contributed by atoms with Crippen LogP contribution in [0.2, 0.25) is 0 Å². The summed E-state index contributed by atoms with van der Waals surface area (Å²) in [7, 11) is 0. The van der Waals surface area contributed by atoms with Crippen molar-refractivity contribution in [1.82, 2.24) is 20.2 Å². The van der Waals surface area contributed by atoms with Gasteiger partial charge in [0.15, 0.2) is 5.88 Å². The highest BCUT2D eigenvalue weighted by Gasteiger charge is 2.34. The molecule has 0 saturated heterocycles. The predicted molar refractivity (Wildman–Crippen MR) is 170 cm³/mol. The van der Waals surface area contributed by atoms with E-state index in [4.69, 9.17) is 4.74 Å². The lowest BCUT2D eigenvalue weighted by Gasteiger charge is -2.40. The van der Waals surface area contributed by atoms with Crippen molar-refractivity contribution in [2.75, 3.05) is 23.7 Å². The Morgan fingerprint density at radius 3 is 2.60 bits per heavy atom. The van der Waals surface area contributed by atoms with Gasteiger partial charge in [-0.3, -0.25) is 14.6 Å². The number of anilines is 3. The van der Waals surface area contributed by atoms with Crippen molar-refractivity contribution in [3.63, 3.8) is 0 Å². The first-order valence-corrected chi connectivity index (χ1v) is 14.3. The smallest absolute Gasteiger partial charge is 0.259 e. The maximum Gasteiger partial charge on any atom is 0.259 e. The zero-order valence-electron chi connectivity index (χ0n) is 25.3. The molecule has 1 aliphatic rings. The Labute approximate surface area is 252 Å². The molecule has 0 aliphatic carbocycles. The lowest BCUT2D eigenvalue weighted by Crippen LogP contribution is -2.47. The van der Waals surface area contributed by atoms with Gasteiger partial charge in [0.05, 0.1) is 12.1 Å². The number of nitrogens with zero attached hydrogens (tertiary/aromatic N) is 3. The molecule has 3 heterocycles. The summed E-state index contributed by atoms with van der Waals surface area (Å²) < 4.78 is 5.69. The number of benzene rings is 2. The Balaban J connectivity index is 1.30. The average Bonchev–Trinajstić information content (AvgIpc) is 2.94. The largest absolute Gasteiger partial charge is 0.474 e. The molecule has 222 valence electrons. The van der Waals surface area contributed by atoms with Crippen LogP contribution in [0, 0.1) is 0 Å². The van der Waals surface area contributed by atoms with E-state index in [9.17, 15) is 9.59 Å². The number of aromatic nitrogens is 2. The van der Waals surface area contributed by atoms with Crippen molar-refractivity contribution in [3.05, 3.63) is 102 Å². The van der Waals surface area contributed by atoms with E-state index >= 15 is 0 Å². The number of hydrogen-bond acceptors (Lipinski definition) is 7. The SMILES string of the molecule is C=C(NCC(=O)N1Cc2cc(NC(=O)c3cccnc3Nc3ccc4ccncc4c3)ccc2C(C)(C)C1)OC(C)(C)C. The van der Waals surface area contributed by atoms with E-state index in [-0.39, 0.29) is 23.8 Å². The first-order chi connectivity index (χ1) is 20.4. The van der Waals surface area contributed by atoms with Crippen molar-refractivity contribution in [2.45, 2.75) is 52.2 Å². The van der Waals surface area contributed by atoms with Crippen LogP contribution in [0.3, 0.4) is 0 Å². The van der Waals surface area contributed by atoms with Crippen molar-refractivity contribution in [3.8, 4) is 0 Å². The fourth-order valence-corrected chi connectivity index (χ4v) is 5.34. The number of amides is 2. The summed E-state index contributed by atoms with van der Waals surface area (Å²) in [6.45, 7) is 15.0. The van der Waals surface area contributed by atoms with E-state index in [1.807, 2.05) is 68.1 Å². The van der Waals surface area contributed by atoms with Gasteiger partial charge in [-0.2, -0.15) is 0 Å². The van der Waals surface area contributed by atoms with Crippen LogP contribution >= 0.6 is 0 Å². The summed E-state index contributed by atoms with van der Waals surface area (Å²) in [4.78, 5) is 37.1. The zero-order chi connectivity index (χ0) is 30.8. The van der Waals surface area contributed by atoms with Crippen LogP contribution in [0.15, 0.2) is 85.6 Å². The fraction of sp³-hybridized carbons (Fsp3) is 0.294. The molecular weight excluding hydrogens is 540 g/mol. The molecule has 3 N–H and O–H groups in total. The quantitative estimate of drug-likeness (QED) is 0.216. The van der Waals surface area contributed by atoms with Gasteiger partial charge < -0.3 is 25.6 Å². The minimum atomic E-state index is -0.402. The Kier molecular flexibility index (Phi) is 8.08. The number of hydrogen-bond donors (Lipinski definition) is 3. The molecule has 2 aromatic carbocycles. The van der Waals surface area contributed by atoms with Gasteiger partial charge in [0.25, 0.3) is 5.91 Å². The highest BCUT2D eigenvalue weighted by molar-refractivity contribution is 6.08. The second-order valence-corrected chi connectivity index (χ2v) is 12.4. The molecule has 0 spiro atoms. The molecule has 4 aromatic rings. The molecule has 9 heteroatoms. The van der Waals surface area contributed by atoms with Gasteiger partial charge in [-0.1, -0.05) is 26.0 Å². The molecule has 5 rings (SSSR count). The normalized spacial score (nSPS) is 14.0. The maximum absolute atomic E-state index is 13.5. The molecule has 2 aromatic heterocycles.